The number of rotatable bonds is 3. The third kappa shape index (κ3) is 2.81. The van der Waals surface area contributed by atoms with E-state index in [0.717, 1.165) is 24.3 Å². The zero-order valence-electron chi connectivity index (χ0n) is 10.0. The molecule has 1 aromatic heterocycles. The summed E-state index contributed by atoms with van der Waals surface area (Å²) in [6, 6.07) is 0.205. The third-order valence-corrected chi connectivity index (χ3v) is 3.97. The topological polar surface area (TPSA) is 107 Å². The van der Waals surface area contributed by atoms with Gasteiger partial charge in [0, 0.05) is 11.8 Å². The van der Waals surface area contributed by atoms with E-state index in [4.69, 9.17) is 5.73 Å². The van der Waals surface area contributed by atoms with Gasteiger partial charge in [-0.3, -0.25) is 10.1 Å². The number of thioether (sulfide) groups is 1. The van der Waals surface area contributed by atoms with Gasteiger partial charge >= 0.3 is 5.69 Å². The number of hydrogen-bond acceptors (Lipinski definition) is 7. The summed E-state index contributed by atoms with van der Waals surface area (Å²) in [5.41, 5.74) is 5.75. The molecule has 3 N–H and O–H groups in total. The highest BCUT2D eigenvalue weighted by Gasteiger charge is 2.24. The third-order valence-electron chi connectivity index (χ3n) is 2.76. The van der Waals surface area contributed by atoms with E-state index in [9.17, 15) is 10.1 Å². The second kappa shape index (κ2) is 5.38. The molecule has 1 atom stereocenters. The molecule has 8 heteroatoms. The first-order valence-electron chi connectivity index (χ1n) is 5.70. The van der Waals surface area contributed by atoms with Crippen LogP contribution >= 0.6 is 11.8 Å². The number of nitro groups is 1. The molecule has 7 nitrogen and oxygen atoms in total. The fourth-order valence-electron chi connectivity index (χ4n) is 1.96. The minimum absolute atomic E-state index is 0.0593. The number of aryl methyl sites for hydroxylation is 1. The lowest BCUT2D eigenvalue weighted by atomic mass is 10.2. The first-order chi connectivity index (χ1) is 8.58. The Balaban J connectivity index is 2.27. The molecule has 0 amide bonds. The first kappa shape index (κ1) is 12.9. The Morgan fingerprint density at radius 1 is 1.56 bits per heavy atom. The molecule has 1 unspecified atom stereocenters. The van der Waals surface area contributed by atoms with Crippen LogP contribution in [-0.2, 0) is 0 Å². The second-order valence-electron chi connectivity index (χ2n) is 4.18. The molecule has 1 aliphatic heterocycles. The fourth-order valence-corrected chi connectivity index (χ4v) is 3.03. The Morgan fingerprint density at radius 3 is 2.94 bits per heavy atom. The molecule has 1 fully saturated rings. The van der Waals surface area contributed by atoms with E-state index < -0.39 is 4.92 Å². The van der Waals surface area contributed by atoms with Crippen LogP contribution in [0, 0.1) is 17.0 Å². The molecule has 98 valence electrons. The summed E-state index contributed by atoms with van der Waals surface area (Å²) in [5, 5.41) is 14.2. The molecule has 0 aliphatic carbocycles. The van der Waals surface area contributed by atoms with Crippen LogP contribution in [0.3, 0.4) is 0 Å². The summed E-state index contributed by atoms with van der Waals surface area (Å²) in [5.74, 6) is 2.37. The lowest BCUT2D eigenvalue weighted by molar-refractivity contribution is -0.385. The summed E-state index contributed by atoms with van der Waals surface area (Å²) in [7, 11) is 0. The maximum atomic E-state index is 11.0. The van der Waals surface area contributed by atoms with Crippen molar-refractivity contribution < 1.29 is 4.92 Å². The lowest BCUT2D eigenvalue weighted by Crippen LogP contribution is -2.27. The highest BCUT2D eigenvalue weighted by Crippen LogP contribution is 2.28. The molecule has 1 aromatic rings. The number of nitrogens with one attached hydrogen (secondary N) is 1. The normalized spacial score (nSPS) is 19.5. The Bertz CT molecular complexity index is 462. The summed E-state index contributed by atoms with van der Waals surface area (Å²) in [6.45, 7) is 1.57. The Kier molecular flexibility index (Phi) is 3.85. The predicted molar refractivity (Wildman–Crippen MR) is 71.8 cm³/mol. The van der Waals surface area contributed by atoms with Crippen molar-refractivity contribution in [2.24, 2.45) is 0 Å². The minimum atomic E-state index is -0.465. The van der Waals surface area contributed by atoms with Gasteiger partial charge in [0.1, 0.15) is 5.69 Å². The van der Waals surface area contributed by atoms with Crippen molar-refractivity contribution in [3.63, 3.8) is 0 Å². The monoisotopic (exact) mass is 269 g/mol. The Labute approximate surface area is 109 Å². The lowest BCUT2D eigenvalue weighted by Gasteiger charge is -2.22. The van der Waals surface area contributed by atoms with Crippen LogP contribution in [-0.4, -0.2) is 32.4 Å². The van der Waals surface area contributed by atoms with E-state index in [1.165, 1.54) is 0 Å². The number of nitrogens with zero attached hydrogens (tertiary/aromatic N) is 3. The van der Waals surface area contributed by atoms with Crippen LogP contribution in [0.4, 0.5) is 17.5 Å². The summed E-state index contributed by atoms with van der Waals surface area (Å²) < 4.78 is 0. The van der Waals surface area contributed by atoms with Crippen molar-refractivity contribution in [2.45, 2.75) is 25.8 Å². The number of hydrogen-bond donors (Lipinski definition) is 2. The standard InChI is InChI=1S/C10H15N5O2S/c1-6-8(15(16)17)9(14-10(11)12-6)13-7-3-2-4-18-5-7/h7H,2-5H2,1H3,(H3,11,12,13,14). The van der Waals surface area contributed by atoms with Gasteiger partial charge in [0.05, 0.1) is 4.92 Å². The fraction of sp³-hybridized carbons (Fsp3) is 0.600. The van der Waals surface area contributed by atoms with Gasteiger partial charge in [-0.05, 0) is 25.5 Å². The first-order valence-corrected chi connectivity index (χ1v) is 6.86. The maximum Gasteiger partial charge on any atom is 0.332 e. The zero-order valence-corrected chi connectivity index (χ0v) is 10.9. The molecule has 0 bridgehead atoms. The molecule has 2 rings (SSSR count). The van der Waals surface area contributed by atoms with Gasteiger partial charge in [0.25, 0.3) is 0 Å². The molecule has 0 spiro atoms. The Hall–Kier alpha value is -1.57. The molecule has 0 radical (unpaired) electrons. The summed E-state index contributed by atoms with van der Waals surface area (Å²) in [4.78, 5) is 18.4. The second-order valence-corrected chi connectivity index (χ2v) is 5.33. The van der Waals surface area contributed by atoms with E-state index in [0.29, 0.717) is 5.69 Å². The zero-order chi connectivity index (χ0) is 13.1. The van der Waals surface area contributed by atoms with Crippen LogP contribution in [0.2, 0.25) is 0 Å². The van der Waals surface area contributed by atoms with Crippen LogP contribution in [0.25, 0.3) is 0 Å². The quantitative estimate of drug-likeness (QED) is 0.633. The van der Waals surface area contributed by atoms with Crippen LogP contribution in [0.1, 0.15) is 18.5 Å². The molecular formula is C10H15N5O2S. The Morgan fingerprint density at radius 2 is 2.33 bits per heavy atom. The van der Waals surface area contributed by atoms with E-state index in [1.54, 1.807) is 6.92 Å². The average Bonchev–Trinajstić information content (AvgIpc) is 2.28. The van der Waals surface area contributed by atoms with Gasteiger partial charge in [-0.15, -0.1) is 0 Å². The molecule has 0 saturated carbocycles. The van der Waals surface area contributed by atoms with Crippen molar-refractivity contribution >= 4 is 29.2 Å². The summed E-state index contributed by atoms with van der Waals surface area (Å²) >= 11 is 1.84. The molecule has 1 saturated heterocycles. The van der Waals surface area contributed by atoms with Crippen molar-refractivity contribution in [3.8, 4) is 0 Å². The summed E-state index contributed by atoms with van der Waals surface area (Å²) in [6.07, 6.45) is 2.10. The number of nitrogen functional groups attached to an aromatic ring is 1. The molecule has 0 aromatic carbocycles. The van der Waals surface area contributed by atoms with Crippen LogP contribution in [0.15, 0.2) is 0 Å². The van der Waals surface area contributed by atoms with Gasteiger partial charge < -0.3 is 11.1 Å². The highest BCUT2D eigenvalue weighted by atomic mass is 32.2. The van der Waals surface area contributed by atoms with Gasteiger partial charge in [-0.25, -0.2) is 4.98 Å². The predicted octanol–water partition coefficient (Wildman–Crippen LogP) is 1.58. The smallest absolute Gasteiger partial charge is 0.332 e. The largest absolute Gasteiger partial charge is 0.368 e. The molecule has 2 heterocycles. The molecule has 18 heavy (non-hydrogen) atoms. The number of nitrogens with two attached hydrogens (primary N) is 1. The van der Waals surface area contributed by atoms with Crippen molar-refractivity contribution in [1.29, 1.82) is 0 Å². The van der Waals surface area contributed by atoms with Gasteiger partial charge in [0.2, 0.25) is 11.8 Å². The van der Waals surface area contributed by atoms with Crippen LogP contribution in [0.5, 0.6) is 0 Å². The maximum absolute atomic E-state index is 11.0. The SMILES string of the molecule is Cc1nc(N)nc(NC2CCCSC2)c1[N+](=O)[O-]. The van der Waals surface area contributed by atoms with Gasteiger partial charge in [0.15, 0.2) is 0 Å². The minimum Gasteiger partial charge on any atom is -0.368 e. The number of anilines is 2. The number of aromatic nitrogens is 2. The van der Waals surface area contributed by atoms with Crippen molar-refractivity contribution in [3.05, 3.63) is 15.8 Å². The van der Waals surface area contributed by atoms with E-state index in [1.807, 2.05) is 11.8 Å². The average molecular weight is 269 g/mol. The van der Waals surface area contributed by atoms with Crippen LogP contribution < -0.4 is 11.1 Å². The van der Waals surface area contributed by atoms with Crippen molar-refractivity contribution in [1.82, 2.24) is 9.97 Å². The van der Waals surface area contributed by atoms with Gasteiger partial charge in [-0.2, -0.15) is 16.7 Å². The van der Waals surface area contributed by atoms with E-state index in [2.05, 4.69) is 15.3 Å². The van der Waals surface area contributed by atoms with Crippen molar-refractivity contribution in [2.75, 3.05) is 22.6 Å². The van der Waals surface area contributed by atoms with E-state index in [-0.39, 0.29) is 23.5 Å². The van der Waals surface area contributed by atoms with E-state index >= 15 is 0 Å². The highest BCUT2D eigenvalue weighted by molar-refractivity contribution is 7.99. The van der Waals surface area contributed by atoms with Gasteiger partial charge in [-0.1, -0.05) is 0 Å². The molecular weight excluding hydrogens is 254 g/mol. The molecule has 1 aliphatic rings.